The molecule has 4 aliphatic heterocycles. The Kier molecular flexibility index (Phi) is 16.2. The van der Waals surface area contributed by atoms with Crippen LogP contribution in [-0.4, -0.2) is 137 Å². The Bertz CT molecular complexity index is 1070. The van der Waals surface area contributed by atoms with Crippen LogP contribution in [0.15, 0.2) is 30.5 Å². The first-order valence-electron chi connectivity index (χ1n) is 12.0. The van der Waals surface area contributed by atoms with Gasteiger partial charge in [0.2, 0.25) is 0 Å². The van der Waals surface area contributed by atoms with Gasteiger partial charge in [-0.2, -0.15) is 5.10 Å². The molecular weight excluding hydrogens is 610 g/mol. The fourth-order valence-corrected chi connectivity index (χ4v) is 4.05. The van der Waals surface area contributed by atoms with Crippen molar-refractivity contribution in [3.63, 3.8) is 0 Å². The first-order valence-corrected chi connectivity index (χ1v) is 12.0. The zero-order chi connectivity index (χ0) is 33.4. The van der Waals surface area contributed by atoms with Gasteiger partial charge in [0.25, 0.3) is 15.3 Å². The van der Waals surface area contributed by atoms with Crippen molar-refractivity contribution in [1.29, 1.82) is 0 Å². The summed E-state index contributed by atoms with van der Waals surface area (Å²) in [5.41, 5.74) is 2.50. The molecule has 10 N–H and O–H groups in total. The Balaban J connectivity index is 0.000000281. The zero-order valence-electron chi connectivity index (χ0n) is 22.4. The summed E-state index contributed by atoms with van der Waals surface area (Å²) in [6.45, 7) is 1.14. The fourth-order valence-electron chi connectivity index (χ4n) is 4.05. The maximum Gasteiger partial charge on any atom is 0.291 e. The van der Waals surface area contributed by atoms with Crippen molar-refractivity contribution in [1.82, 2.24) is 10.2 Å². The van der Waals surface area contributed by atoms with Crippen LogP contribution in [0, 0.1) is 30.3 Å². The van der Waals surface area contributed by atoms with Gasteiger partial charge in [-0.05, 0) is 0 Å². The molecule has 0 bridgehead atoms. The number of nitrogens with zero attached hydrogens (tertiary/aromatic N) is 5. The van der Waals surface area contributed by atoms with E-state index in [1.807, 2.05) is 24.3 Å². The van der Waals surface area contributed by atoms with E-state index in [2.05, 4.69) is 15.6 Å². The number of hydrazine groups is 1. The maximum atomic E-state index is 9.16. The zero-order valence-corrected chi connectivity index (χ0v) is 22.4. The molecule has 4 aliphatic rings. The van der Waals surface area contributed by atoms with Gasteiger partial charge in [0.1, 0.15) is 48.8 Å². The van der Waals surface area contributed by atoms with E-state index in [4.69, 9.17) is 91.2 Å². The summed E-state index contributed by atoms with van der Waals surface area (Å²) in [7, 11) is 0. The monoisotopic (exact) mass is 641 g/mol. The quantitative estimate of drug-likeness (QED) is 0.0844. The van der Waals surface area contributed by atoms with Gasteiger partial charge in [0.15, 0.2) is 5.82 Å². The number of nitrogen functional groups attached to an aromatic ring is 1. The van der Waals surface area contributed by atoms with Gasteiger partial charge in [-0.1, -0.05) is 24.3 Å². The second-order valence-electron chi connectivity index (χ2n) is 8.60. The summed E-state index contributed by atoms with van der Waals surface area (Å²) in [6.07, 6.45) is -1.69. The van der Waals surface area contributed by atoms with Crippen molar-refractivity contribution in [2.24, 2.45) is 5.84 Å². The Morgan fingerprint density at radius 3 is 1.34 bits per heavy atom. The molecule has 0 radical (unpaired) electrons. The van der Waals surface area contributed by atoms with Gasteiger partial charge in [0.05, 0.1) is 32.6 Å². The predicted octanol–water partition coefficient (Wildman–Crippen LogP) is -3.12. The third-order valence-electron chi connectivity index (χ3n) is 5.71. The number of aliphatic hydroxyl groups excluding tert-OH is 4. The third kappa shape index (κ3) is 12.9. The van der Waals surface area contributed by atoms with E-state index in [1.165, 1.54) is 0 Å². The number of aliphatic hydroxyl groups is 4. The number of anilines is 1. The highest BCUT2D eigenvalue weighted by Gasteiger charge is 2.47. The van der Waals surface area contributed by atoms with Crippen molar-refractivity contribution in [3.8, 4) is 0 Å². The summed E-state index contributed by atoms with van der Waals surface area (Å²) >= 11 is 0. The lowest BCUT2D eigenvalue weighted by Gasteiger charge is -2.09. The number of rotatable bonds is 1. The Hall–Kier alpha value is -4.40. The van der Waals surface area contributed by atoms with E-state index in [0.29, 0.717) is 5.82 Å². The number of ether oxygens (including phenoxy) is 4. The lowest BCUT2D eigenvalue weighted by molar-refractivity contribution is -0.742. The molecule has 1 aromatic heterocycles. The van der Waals surface area contributed by atoms with E-state index in [9.17, 15) is 0 Å². The molecule has 2 aromatic rings. The Morgan fingerprint density at radius 1 is 0.705 bits per heavy atom. The van der Waals surface area contributed by atoms with Crippen LogP contribution in [-0.2, 0) is 18.9 Å². The summed E-state index contributed by atoms with van der Waals surface area (Å²) in [4.78, 5) is 25.1. The van der Waals surface area contributed by atoms with Crippen LogP contribution in [0.4, 0.5) is 5.82 Å². The molecule has 44 heavy (non-hydrogen) atoms. The second-order valence-corrected chi connectivity index (χ2v) is 8.60. The number of aromatic nitrogens is 2. The van der Waals surface area contributed by atoms with E-state index in [0.717, 1.165) is 10.8 Å². The van der Waals surface area contributed by atoms with Crippen LogP contribution in [0.5, 0.6) is 0 Å². The molecule has 248 valence electrons. The third-order valence-corrected chi connectivity index (χ3v) is 5.71. The van der Waals surface area contributed by atoms with Gasteiger partial charge < -0.3 is 60.4 Å². The highest BCUT2D eigenvalue weighted by Crippen LogP contribution is 2.27. The molecule has 5 heterocycles. The van der Waals surface area contributed by atoms with Crippen LogP contribution < -0.4 is 11.3 Å². The standard InChI is InChI=1S/C8H8N4.2C6H10O4.3HNO3/c9-11-8-7-4-2-1-3-6(7)5-10-12-8;2*7-3-1-9-6-4(8)2-10-5(3)6;3*2-1(3)4/h1-5H,9H2,(H,11,12);2*3-8H,1-2H2;3*(H,2,3,4)/t;2*3-,4+,5-,6-;;;/m.11.../s1. The van der Waals surface area contributed by atoms with E-state index in [-0.39, 0.29) is 50.8 Å². The van der Waals surface area contributed by atoms with Crippen molar-refractivity contribution in [2.75, 3.05) is 31.9 Å². The molecule has 1 aromatic carbocycles. The van der Waals surface area contributed by atoms with Crippen LogP contribution in [0.3, 0.4) is 0 Å². The predicted molar refractivity (Wildman–Crippen MR) is 137 cm³/mol. The average Bonchev–Trinajstić information content (AvgIpc) is 3.71. The number of hydrogen-bond acceptors (Lipinski definition) is 18. The summed E-state index contributed by atoms with van der Waals surface area (Å²) < 4.78 is 20.3. The smallest absolute Gasteiger partial charge is 0.291 e. The molecule has 0 aliphatic carbocycles. The SMILES string of the molecule is NNc1nncc2ccccc12.O=[N+]([O-])O.O=[N+]([O-])O.O=[N+]([O-])O.O[C@@H]1CO[C@H]2[C@@H]1OC[C@@H]2O.O[C@@H]1CO[C@H]2[C@@H]1OC[C@@H]2O. The normalized spacial score (nSPS) is 28.7. The van der Waals surface area contributed by atoms with Crippen LogP contribution in [0.1, 0.15) is 0 Å². The number of nitrogens with two attached hydrogens (primary N) is 1. The molecule has 4 saturated heterocycles. The molecule has 0 unspecified atom stereocenters. The molecule has 4 fully saturated rings. The highest BCUT2D eigenvalue weighted by atomic mass is 16.9. The van der Waals surface area contributed by atoms with Gasteiger partial charge in [-0.15, -0.1) is 35.4 Å². The lowest BCUT2D eigenvalue weighted by Crippen LogP contribution is -2.30. The van der Waals surface area contributed by atoms with Crippen molar-refractivity contribution in [3.05, 3.63) is 60.8 Å². The van der Waals surface area contributed by atoms with Crippen LogP contribution >= 0.6 is 0 Å². The van der Waals surface area contributed by atoms with Gasteiger partial charge in [-0.25, -0.2) is 5.84 Å². The molecule has 6 rings (SSSR count). The van der Waals surface area contributed by atoms with Crippen molar-refractivity contribution >= 4 is 16.6 Å². The molecule has 0 saturated carbocycles. The van der Waals surface area contributed by atoms with Crippen molar-refractivity contribution < 1.29 is 70.3 Å². The largest absolute Gasteiger partial charge is 0.388 e. The Morgan fingerprint density at radius 2 is 1.02 bits per heavy atom. The summed E-state index contributed by atoms with van der Waals surface area (Å²) in [6, 6.07) is 7.79. The molecule has 8 atom stereocenters. The Labute approximate surface area is 245 Å². The topological polar surface area (TPSA) is 372 Å². The van der Waals surface area contributed by atoms with E-state index < -0.39 is 39.7 Å². The molecular formula is C20H31N7O17. The first-order chi connectivity index (χ1) is 20.7. The first kappa shape index (κ1) is 37.6. The minimum Gasteiger partial charge on any atom is -0.388 e. The molecule has 24 nitrogen and oxygen atoms in total. The number of hydrogen-bond donors (Lipinski definition) is 9. The molecule has 0 amide bonds. The minimum atomic E-state index is -1.50. The number of fused-ring (bicyclic) bond motifs is 3. The minimum absolute atomic E-state index is 0.284. The van der Waals surface area contributed by atoms with Crippen LogP contribution in [0.2, 0.25) is 0 Å². The molecule has 0 spiro atoms. The van der Waals surface area contributed by atoms with E-state index in [1.54, 1.807) is 6.20 Å². The fraction of sp³-hybridized carbons (Fsp3) is 0.600. The van der Waals surface area contributed by atoms with Gasteiger partial charge in [-0.3, -0.25) is 0 Å². The summed E-state index contributed by atoms with van der Waals surface area (Å²) in [5, 5.41) is 87.2. The maximum absolute atomic E-state index is 9.16. The summed E-state index contributed by atoms with van der Waals surface area (Å²) in [5.74, 6) is 5.87. The van der Waals surface area contributed by atoms with Gasteiger partial charge in [0, 0.05) is 10.8 Å². The average molecular weight is 642 g/mol. The van der Waals surface area contributed by atoms with Crippen molar-refractivity contribution in [2.45, 2.75) is 48.8 Å². The number of nitrogens with one attached hydrogen (secondary N) is 1. The van der Waals surface area contributed by atoms with Gasteiger partial charge >= 0.3 is 0 Å². The lowest BCUT2D eigenvalue weighted by atomic mass is 10.1. The highest BCUT2D eigenvalue weighted by molar-refractivity contribution is 5.90. The van der Waals surface area contributed by atoms with Crippen LogP contribution in [0.25, 0.3) is 10.8 Å². The molecule has 24 heteroatoms. The van der Waals surface area contributed by atoms with E-state index >= 15 is 0 Å². The number of benzene rings is 1. The second kappa shape index (κ2) is 19.0.